The van der Waals surface area contributed by atoms with Crippen LogP contribution in [0.2, 0.25) is 0 Å². The van der Waals surface area contributed by atoms with E-state index in [0.29, 0.717) is 5.11 Å². The fourth-order valence-corrected chi connectivity index (χ4v) is 2.28. The molecule has 1 N–H and O–H groups in total. The molecule has 1 aromatic rings. The fourth-order valence-electron chi connectivity index (χ4n) is 2.05. The van der Waals surface area contributed by atoms with Crippen LogP contribution in [0.5, 0.6) is 0 Å². The van der Waals surface area contributed by atoms with E-state index in [1.165, 1.54) is 12.8 Å². The Labute approximate surface area is 153 Å². The van der Waals surface area contributed by atoms with Crippen LogP contribution < -0.4 is 5.43 Å². The molecule has 0 saturated carbocycles. The number of likely N-dealkylation sites (tertiary alicyclic amines) is 1. The molecule has 2 rings (SSSR count). The second kappa shape index (κ2) is 11.3. The zero-order valence-electron chi connectivity index (χ0n) is 12.8. The van der Waals surface area contributed by atoms with Gasteiger partial charge in [0.1, 0.15) is 0 Å². The summed E-state index contributed by atoms with van der Waals surface area (Å²) >= 11 is 4.63. The zero-order valence-corrected chi connectivity index (χ0v) is 17.5. The number of hydrogen-bond acceptors (Lipinski definition) is 3. The first-order valence-corrected chi connectivity index (χ1v) is 13.9. The van der Waals surface area contributed by atoms with Crippen LogP contribution in [0, 0.1) is 5.92 Å². The summed E-state index contributed by atoms with van der Waals surface area (Å²) in [4.78, 5) is 6.44. The average molecular weight is 417 g/mol. The third-order valence-electron chi connectivity index (χ3n) is 3.43. The van der Waals surface area contributed by atoms with Gasteiger partial charge in [-0.15, -0.1) is 0 Å². The van der Waals surface area contributed by atoms with Crippen molar-refractivity contribution in [1.29, 1.82) is 0 Å². The first kappa shape index (κ1) is 19.8. The van der Waals surface area contributed by atoms with E-state index in [1.807, 2.05) is 25.1 Å². The van der Waals surface area contributed by atoms with E-state index in [-0.39, 0.29) is 0 Å². The number of pyridine rings is 1. The summed E-state index contributed by atoms with van der Waals surface area (Å²) in [5, 5.41) is 5.02. The van der Waals surface area contributed by atoms with Crippen molar-refractivity contribution < 1.29 is 0 Å². The molecule has 119 valence electrons. The van der Waals surface area contributed by atoms with Crippen molar-refractivity contribution in [3.8, 4) is 0 Å². The summed E-state index contributed by atoms with van der Waals surface area (Å²) in [5.74, 6) is 0.804. The molecule has 1 aliphatic rings. The van der Waals surface area contributed by atoms with Gasteiger partial charge >= 0.3 is 34.7 Å². The maximum atomic E-state index is 5.37. The molecular weight excluding hydrogens is 397 g/mol. The fraction of sp³-hybridized carbons (Fsp3) is 0.500. The van der Waals surface area contributed by atoms with Crippen LogP contribution in [0.25, 0.3) is 0 Å². The van der Waals surface area contributed by atoms with Crippen LogP contribution in [-0.4, -0.2) is 49.2 Å². The summed E-state index contributed by atoms with van der Waals surface area (Å²) in [5.41, 5.74) is 4.68. The second-order valence-electron chi connectivity index (χ2n) is 5.08. The molecule has 8 heteroatoms. The predicted molar refractivity (Wildman–Crippen MR) is 99.6 cm³/mol. The number of thiocarbonyl (C=S) groups is 1. The van der Waals surface area contributed by atoms with E-state index in [2.05, 4.69) is 27.3 Å². The van der Waals surface area contributed by atoms with E-state index in [0.717, 1.165) is 30.4 Å². The average Bonchev–Trinajstić information content (AvgIpc) is 2.54. The molecule has 1 radical (unpaired) electrons. The number of piperidine rings is 1. The molecular formula is C14H20Cl2GaN4S. The summed E-state index contributed by atoms with van der Waals surface area (Å²) < 4.78 is 0. The summed E-state index contributed by atoms with van der Waals surface area (Å²) in [7, 11) is 9.84. The second-order valence-corrected chi connectivity index (χ2v) is 9.24. The molecule has 1 fully saturated rings. The van der Waals surface area contributed by atoms with Gasteiger partial charge in [0.15, 0.2) is 5.11 Å². The number of nitrogens with zero attached hydrogens (tertiary/aromatic N) is 3. The van der Waals surface area contributed by atoms with E-state index >= 15 is 0 Å². The van der Waals surface area contributed by atoms with Crippen LogP contribution in [0.4, 0.5) is 0 Å². The molecule has 4 nitrogen and oxygen atoms in total. The Hall–Kier alpha value is -0.274. The third-order valence-corrected chi connectivity index (χ3v) is 3.78. The van der Waals surface area contributed by atoms with Gasteiger partial charge in [0.2, 0.25) is 0 Å². The molecule has 0 spiro atoms. The quantitative estimate of drug-likeness (QED) is 0.347. The Morgan fingerprint density at radius 2 is 2.05 bits per heavy atom. The number of rotatable bonds is 2. The minimum absolute atomic E-state index is 0.710. The summed E-state index contributed by atoms with van der Waals surface area (Å²) in [6.45, 7) is 6.25. The van der Waals surface area contributed by atoms with Crippen molar-refractivity contribution in [2.24, 2.45) is 11.0 Å². The maximum absolute atomic E-state index is 5.37. The van der Waals surface area contributed by atoms with Crippen molar-refractivity contribution in [3.63, 3.8) is 0 Å². The zero-order chi connectivity index (χ0) is 16.4. The monoisotopic (exact) mass is 415 g/mol. The van der Waals surface area contributed by atoms with E-state index in [1.54, 1.807) is 6.20 Å². The summed E-state index contributed by atoms with van der Waals surface area (Å²) in [6.07, 6.45) is 4.16. The van der Waals surface area contributed by atoms with Gasteiger partial charge in [-0.3, -0.25) is 10.4 Å². The van der Waals surface area contributed by atoms with Crippen molar-refractivity contribution in [3.05, 3.63) is 30.1 Å². The van der Waals surface area contributed by atoms with Crippen LogP contribution in [0.15, 0.2) is 29.5 Å². The van der Waals surface area contributed by atoms with Gasteiger partial charge in [-0.05, 0) is 50.0 Å². The number of hydrazone groups is 1. The van der Waals surface area contributed by atoms with Crippen LogP contribution >= 0.6 is 31.5 Å². The molecule has 1 aliphatic heterocycles. The Bertz CT molecular complexity index is 479. The minimum atomic E-state index is -0.743. The van der Waals surface area contributed by atoms with Crippen molar-refractivity contribution in [2.75, 3.05) is 13.1 Å². The molecule has 0 amide bonds. The van der Waals surface area contributed by atoms with E-state index < -0.39 is 15.4 Å². The molecule has 1 aromatic heterocycles. The van der Waals surface area contributed by atoms with E-state index in [4.69, 9.17) is 31.5 Å². The standard InChI is InChI=1S/C14H20N4S.2ClH.Ga/c1-11-6-9-18(10-7-11)14(19)17-16-12(2)13-5-3-4-8-15-13;;;/h3-5,8,11H,6-7,9-10H2,1-2H3,(H,17,19);2*1H;/q;;;+2/p-2. The van der Waals surface area contributed by atoms with Gasteiger partial charge in [0.05, 0.1) is 11.4 Å². The summed E-state index contributed by atoms with van der Waals surface area (Å²) in [6, 6.07) is 5.78. The van der Waals surface area contributed by atoms with Crippen molar-refractivity contribution in [2.45, 2.75) is 26.7 Å². The van der Waals surface area contributed by atoms with Gasteiger partial charge < -0.3 is 4.90 Å². The Kier molecular flexibility index (Phi) is 10.1. The van der Waals surface area contributed by atoms with Gasteiger partial charge in [0.25, 0.3) is 0 Å². The van der Waals surface area contributed by atoms with Gasteiger partial charge in [-0.1, -0.05) is 13.0 Å². The number of hydrogen-bond donors (Lipinski definition) is 1. The molecule has 22 heavy (non-hydrogen) atoms. The molecule has 2 heterocycles. The Morgan fingerprint density at radius 1 is 1.41 bits per heavy atom. The van der Waals surface area contributed by atoms with Crippen molar-refractivity contribution in [1.82, 2.24) is 15.3 Å². The Balaban J connectivity index is 0.000000745. The topological polar surface area (TPSA) is 40.5 Å². The predicted octanol–water partition coefficient (Wildman–Crippen LogP) is 3.41. The van der Waals surface area contributed by atoms with Gasteiger partial charge in [0, 0.05) is 19.3 Å². The van der Waals surface area contributed by atoms with Crippen molar-refractivity contribution >= 4 is 57.7 Å². The molecule has 0 aliphatic carbocycles. The Morgan fingerprint density at radius 3 is 2.59 bits per heavy atom. The molecule has 1 saturated heterocycles. The van der Waals surface area contributed by atoms with Crippen LogP contribution in [-0.2, 0) is 0 Å². The normalized spacial score (nSPS) is 15.6. The first-order valence-electron chi connectivity index (χ1n) is 7.11. The first-order chi connectivity index (χ1) is 10.6. The number of halogens is 2. The molecule has 0 bridgehead atoms. The third kappa shape index (κ3) is 7.33. The van der Waals surface area contributed by atoms with Crippen LogP contribution in [0.1, 0.15) is 32.4 Å². The molecule has 0 unspecified atom stereocenters. The molecule has 0 aromatic carbocycles. The van der Waals surface area contributed by atoms with Crippen LogP contribution in [0.3, 0.4) is 0 Å². The SMILES string of the molecule is CC(=NNC(=S)N1CCC(C)CC1)c1ccccn1.[Cl][Ga][Cl]. The van der Waals surface area contributed by atoms with E-state index in [9.17, 15) is 0 Å². The van der Waals surface area contributed by atoms with Gasteiger partial charge in [-0.2, -0.15) is 5.10 Å². The number of aromatic nitrogens is 1. The number of nitrogens with one attached hydrogen (secondary N) is 1. The van der Waals surface area contributed by atoms with Gasteiger partial charge in [-0.25, -0.2) is 0 Å². The molecule has 0 atom stereocenters.